The van der Waals surface area contributed by atoms with E-state index in [-0.39, 0.29) is 12.0 Å². The average molecular weight is 337 g/mol. The zero-order chi connectivity index (χ0) is 18.0. The molecule has 0 fully saturated rings. The van der Waals surface area contributed by atoms with Gasteiger partial charge in [-0.15, -0.1) is 0 Å². The zero-order valence-electron chi connectivity index (χ0n) is 14.7. The summed E-state index contributed by atoms with van der Waals surface area (Å²) in [5, 5.41) is 13.7. The molecule has 0 aliphatic rings. The van der Waals surface area contributed by atoms with E-state index in [0.29, 0.717) is 5.82 Å². The summed E-state index contributed by atoms with van der Waals surface area (Å²) in [7, 11) is 0. The molecule has 0 aliphatic heterocycles. The van der Waals surface area contributed by atoms with Crippen molar-refractivity contribution in [3.8, 4) is 0 Å². The van der Waals surface area contributed by atoms with E-state index in [9.17, 15) is 9.90 Å². The fraction of sp³-hybridized carbons (Fsp3) is 0.300. The Bertz CT molecular complexity index is 838. The van der Waals surface area contributed by atoms with E-state index in [1.165, 1.54) is 0 Å². The predicted octanol–water partition coefficient (Wildman–Crippen LogP) is 3.29. The van der Waals surface area contributed by atoms with E-state index < -0.39 is 11.5 Å². The molecule has 5 nitrogen and oxygen atoms in total. The van der Waals surface area contributed by atoms with Gasteiger partial charge in [-0.05, 0) is 31.5 Å². The smallest absolute Gasteiger partial charge is 0.252 e. The molecule has 0 bridgehead atoms. The molecule has 25 heavy (non-hydrogen) atoms. The third kappa shape index (κ3) is 3.42. The van der Waals surface area contributed by atoms with Crippen molar-refractivity contribution in [3.63, 3.8) is 0 Å². The minimum Gasteiger partial charge on any atom is -0.380 e. The van der Waals surface area contributed by atoms with E-state index in [2.05, 4.69) is 15.3 Å². The Hall–Kier alpha value is -2.66. The van der Waals surface area contributed by atoms with E-state index in [1.54, 1.807) is 6.92 Å². The lowest BCUT2D eigenvalue weighted by Crippen LogP contribution is -2.48. The molecule has 0 radical (unpaired) electrons. The van der Waals surface area contributed by atoms with Crippen molar-refractivity contribution in [2.75, 3.05) is 0 Å². The summed E-state index contributed by atoms with van der Waals surface area (Å²) in [6.07, 6.45) is 0. The Morgan fingerprint density at radius 2 is 1.76 bits per heavy atom. The lowest BCUT2D eigenvalue weighted by Gasteiger charge is -2.30. The average Bonchev–Trinajstić information content (AvgIpc) is 3.06. The molecule has 5 heteroatoms. The number of para-hydroxylation sites is 2. The second kappa shape index (κ2) is 6.69. The second-order valence-corrected chi connectivity index (χ2v) is 6.61. The summed E-state index contributed by atoms with van der Waals surface area (Å²) in [4.78, 5) is 20.4. The largest absolute Gasteiger partial charge is 0.380 e. The van der Waals surface area contributed by atoms with Crippen LogP contribution < -0.4 is 5.32 Å². The van der Waals surface area contributed by atoms with Crippen molar-refractivity contribution in [2.24, 2.45) is 0 Å². The number of amides is 1. The summed E-state index contributed by atoms with van der Waals surface area (Å²) < 4.78 is 0. The minimum atomic E-state index is -1.53. The standard InChI is InChI=1S/C20H23N3O2/c1-13(15-9-5-4-6-10-15)20(3,25)19(24)21-14(2)18-22-16-11-7-8-12-17(16)23-18/h4-14,25H,1-3H3,(H,21,24)(H,22,23). The van der Waals surface area contributed by atoms with Crippen LogP contribution >= 0.6 is 0 Å². The first-order chi connectivity index (χ1) is 11.9. The van der Waals surface area contributed by atoms with Crippen molar-refractivity contribution >= 4 is 16.9 Å². The number of hydrogen-bond acceptors (Lipinski definition) is 3. The third-order valence-corrected chi connectivity index (χ3v) is 4.77. The van der Waals surface area contributed by atoms with Crippen LogP contribution in [0, 0.1) is 0 Å². The van der Waals surface area contributed by atoms with Gasteiger partial charge in [0.2, 0.25) is 0 Å². The highest BCUT2D eigenvalue weighted by molar-refractivity contribution is 5.86. The Balaban J connectivity index is 1.75. The van der Waals surface area contributed by atoms with Crippen molar-refractivity contribution in [3.05, 3.63) is 66.0 Å². The number of imidazole rings is 1. The lowest BCUT2D eigenvalue weighted by atomic mass is 9.84. The fourth-order valence-corrected chi connectivity index (χ4v) is 2.85. The highest BCUT2D eigenvalue weighted by Gasteiger charge is 2.38. The number of aliphatic hydroxyl groups is 1. The topological polar surface area (TPSA) is 78.0 Å². The molecule has 1 aromatic heterocycles. The first-order valence-corrected chi connectivity index (χ1v) is 8.42. The van der Waals surface area contributed by atoms with Crippen molar-refractivity contribution < 1.29 is 9.90 Å². The number of benzene rings is 2. The van der Waals surface area contributed by atoms with Crippen molar-refractivity contribution in [2.45, 2.75) is 38.3 Å². The first kappa shape index (κ1) is 17.2. The summed E-state index contributed by atoms with van der Waals surface area (Å²) in [5.74, 6) is -0.0916. The van der Waals surface area contributed by atoms with Gasteiger partial charge in [0.15, 0.2) is 0 Å². The van der Waals surface area contributed by atoms with E-state index in [1.807, 2.05) is 68.4 Å². The first-order valence-electron chi connectivity index (χ1n) is 8.42. The molecule has 3 rings (SSSR count). The summed E-state index contributed by atoms with van der Waals surface area (Å²) in [6.45, 7) is 5.24. The van der Waals surface area contributed by atoms with Gasteiger partial charge in [0.05, 0.1) is 17.1 Å². The van der Waals surface area contributed by atoms with Crippen LogP contribution in [-0.4, -0.2) is 26.6 Å². The molecule has 3 atom stereocenters. The van der Waals surface area contributed by atoms with Crippen LogP contribution in [0.5, 0.6) is 0 Å². The highest BCUT2D eigenvalue weighted by atomic mass is 16.3. The summed E-state index contributed by atoms with van der Waals surface area (Å²) in [6, 6.07) is 16.9. The maximum absolute atomic E-state index is 12.7. The molecule has 3 unspecified atom stereocenters. The normalized spacial score (nSPS) is 16.2. The number of nitrogens with one attached hydrogen (secondary N) is 2. The van der Waals surface area contributed by atoms with Gasteiger partial charge < -0.3 is 15.4 Å². The van der Waals surface area contributed by atoms with Gasteiger partial charge in [-0.1, -0.05) is 49.4 Å². The number of rotatable bonds is 5. The van der Waals surface area contributed by atoms with Crippen LogP contribution in [-0.2, 0) is 4.79 Å². The maximum atomic E-state index is 12.7. The third-order valence-electron chi connectivity index (χ3n) is 4.77. The van der Waals surface area contributed by atoms with Crippen LogP contribution in [0.1, 0.15) is 44.1 Å². The van der Waals surface area contributed by atoms with Crippen molar-refractivity contribution in [1.82, 2.24) is 15.3 Å². The quantitative estimate of drug-likeness (QED) is 0.668. The Labute approximate surface area is 147 Å². The van der Waals surface area contributed by atoms with Gasteiger partial charge in [0.1, 0.15) is 11.4 Å². The summed E-state index contributed by atoms with van der Waals surface area (Å²) >= 11 is 0. The van der Waals surface area contributed by atoms with Crippen LogP contribution in [0.15, 0.2) is 54.6 Å². The molecule has 2 aromatic carbocycles. The molecule has 0 saturated heterocycles. The SMILES string of the molecule is CC(NC(=O)C(C)(O)C(C)c1ccccc1)c1nc2ccccc2[nH]1. The number of carbonyl (C=O) groups is 1. The predicted molar refractivity (Wildman–Crippen MR) is 98.1 cm³/mol. The Morgan fingerprint density at radius 1 is 1.12 bits per heavy atom. The second-order valence-electron chi connectivity index (χ2n) is 6.61. The number of fused-ring (bicyclic) bond motifs is 1. The molecule has 1 heterocycles. The van der Waals surface area contributed by atoms with Crippen molar-refractivity contribution in [1.29, 1.82) is 0 Å². The van der Waals surface area contributed by atoms with E-state index in [4.69, 9.17) is 0 Å². The summed E-state index contributed by atoms with van der Waals surface area (Å²) in [5.41, 5.74) is 1.16. The number of aromatic nitrogens is 2. The lowest BCUT2D eigenvalue weighted by molar-refractivity contribution is -0.140. The minimum absolute atomic E-state index is 0.337. The molecule has 3 N–H and O–H groups in total. The molecule has 0 aliphatic carbocycles. The molecule has 130 valence electrons. The number of nitrogens with zero attached hydrogens (tertiary/aromatic N) is 1. The monoisotopic (exact) mass is 337 g/mol. The number of aromatic amines is 1. The molecule has 0 spiro atoms. The maximum Gasteiger partial charge on any atom is 0.252 e. The van der Waals surface area contributed by atoms with Crippen LogP contribution in [0.25, 0.3) is 11.0 Å². The van der Waals surface area contributed by atoms with Crippen LogP contribution in [0.3, 0.4) is 0 Å². The Kier molecular flexibility index (Phi) is 4.59. The van der Waals surface area contributed by atoms with Gasteiger partial charge in [-0.2, -0.15) is 0 Å². The fourth-order valence-electron chi connectivity index (χ4n) is 2.85. The molecule has 0 saturated carbocycles. The number of H-pyrrole nitrogens is 1. The van der Waals surface area contributed by atoms with Crippen LogP contribution in [0.2, 0.25) is 0 Å². The Morgan fingerprint density at radius 3 is 2.44 bits per heavy atom. The van der Waals surface area contributed by atoms with Gasteiger partial charge in [0, 0.05) is 5.92 Å². The molecule has 3 aromatic rings. The molecular formula is C20H23N3O2. The molecule has 1 amide bonds. The van der Waals surface area contributed by atoms with E-state index >= 15 is 0 Å². The number of hydrogen-bond donors (Lipinski definition) is 3. The molecular weight excluding hydrogens is 314 g/mol. The van der Waals surface area contributed by atoms with Gasteiger partial charge >= 0.3 is 0 Å². The number of carbonyl (C=O) groups excluding carboxylic acids is 1. The van der Waals surface area contributed by atoms with Gasteiger partial charge in [-0.25, -0.2) is 4.98 Å². The van der Waals surface area contributed by atoms with Gasteiger partial charge in [-0.3, -0.25) is 4.79 Å². The van der Waals surface area contributed by atoms with E-state index in [0.717, 1.165) is 16.6 Å². The van der Waals surface area contributed by atoms with Crippen LogP contribution in [0.4, 0.5) is 0 Å². The highest BCUT2D eigenvalue weighted by Crippen LogP contribution is 2.28. The zero-order valence-corrected chi connectivity index (χ0v) is 14.7. The van der Waals surface area contributed by atoms with Gasteiger partial charge in [0.25, 0.3) is 5.91 Å².